The molecule has 124 valence electrons. The number of fused-ring (bicyclic) bond motifs is 1. The van der Waals surface area contributed by atoms with E-state index in [9.17, 15) is 14.4 Å². The molecule has 2 heterocycles. The third-order valence-electron chi connectivity index (χ3n) is 3.68. The van der Waals surface area contributed by atoms with Crippen LogP contribution < -0.4 is 17.0 Å². The standard InChI is InChI=1S/C16H14ClN3O3S/c17-10-5-3-9(4-6-10)11-8-24-14-13(11)15(22)20(16(23)19-14)7-1-2-12(18)21/h3-6,8H,1-2,7H2,(H2,18,21)(H,19,23). The van der Waals surface area contributed by atoms with Gasteiger partial charge in [-0.05, 0) is 24.1 Å². The lowest BCUT2D eigenvalue weighted by Gasteiger charge is -2.05. The minimum Gasteiger partial charge on any atom is -0.370 e. The summed E-state index contributed by atoms with van der Waals surface area (Å²) >= 11 is 7.21. The number of amides is 1. The molecule has 0 aliphatic rings. The van der Waals surface area contributed by atoms with E-state index in [2.05, 4.69) is 4.98 Å². The Labute approximate surface area is 145 Å². The van der Waals surface area contributed by atoms with Crippen LogP contribution in [0, 0.1) is 0 Å². The van der Waals surface area contributed by atoms with Gasteiger partial charge in [-0.3, -0.25) is 19.1 Å². The third kappa shape index (κ3) is 3.13. The van der Waals surface area contributed by atoms with E-state index in [0.29, 0.717) is 21.7 Å². The second kappa shape index (κ2) is 6.62. The minimum absolute atomic E-state index is 0.123. The van der Waals surface area contributed by atoms with Crippen molar-refractivity contribution >= 4 is 39.1 Å². The van der Waals surface area contributed by atoms with Gasteiger partial charge < -0.3 is 5.73 Å². The highest BCUT2D eigenvalue weighted by molar-refractivity contribution is 7.17. The van der Waals surface area contributed by atoms with Crippen LogP contribution >= 0.6 is 22.9 Å². The largest absolute Gasteiger partial charge is 0.370 e. The summed E-state index contributed by atoms with van der Waals surface area (Å²) in [5, 5.41) is 2.90. The van der Waals surface area contributed by atoms with Crippen LogP contribution in [0.25, 0.3) is 21.3 Å². The van der Waals surface area contributed by atoms with Gasteiger partial charge in [-0.1, -0.05) is 23.7 Å². The van der Waals surface area contributed by atoms with E-state index in [1.807, 2.05) is 17.5 Å². The fourth-order valence-electron chi connectivity index (χ4n) is 2.51. The second-order valence-corrected chi connectivity index (χ2v) is 6.63. The molecule has 3 rings (SSSR count). The number of nitrogens with one attached hydrogen (secondary N) is 1. The van der Waals surface area contributed by atoms with Crippen molar-refractivity contribution in [3.05, 3.63) is 55.5 Å². The lowest BCUT2D eigenvalue weighted by Crippen LogP contribution is -2.35. The molecule has 0 saturated carbocycles. The summed E-state index contributed by atoms with van der Waals surface area (Å²) in [6.45, 7) is 0.142. The summed E-state index contributed by atoms with van der Waals surface area (Å²) in [5.74, 6) is -0.460. The number of primary amides is 1. The maximum atomic E-state index is 12.8. The number of benzene rings is 1. The van der Waals surface area contributed by atoms with E-state index in [1.54, 1.807) is 12.1 Å². The van der Waals surface area contributed by atoms with Gasteiger partial charge in [-0.2, -0.15) is 0 Å². The van der Waals surface area contributed by atoms with Gasteiger partial charge in [0, 0.05) is 28.9 Å². The Morgan fingerprint density at radius 1 is 1.25 bits per heavy atom. The van der Waals surface area contributed by atoms with Gasteiger partial charge >= 0.3 is 5.69 Å². The first-order chi connectivity index (χ1) is 11.5. The van der Waals surface area contributed by atoms with Gasteiger partial charge in [-0.25, -0.2) is 4.79 Å². The lowest BCUT2D eigenvalue weighted by atomic mass is 10.1. The van der Waals surface area contributed by atoms with Crippen molar-refractivity contribution in [3.8, 4) is 11.1 Å². The van der Waals surface area contributed by atoms with E-state index in [1.165, 1.54) is 11.3 Å². The Morgan fingerprint density at radius 2 is 1.96 bits per heavy atom. The topological polar surface area (TPSA) is 97.9 Å². The molecule has 0 bridgehead atoms. The van der Waals surface area contributed by atoms with Gasteiger partial charge in [0.15, 0.2) is 0 Å². The molecule has 1 amide bonds. The van der Waals surface area contributed by atoms with Gasteiger partial charge in [0.05, 0.1) is 5.39 Å². The number of halogens is 1. The molecule has 0 radical (unpaired) electrons. The van der Waals surface area contributed by atoms with Crippen LogP contribution in [-0.4, -0.2) is 15.5 Å². The average Bonchev–Trinajstić information content (AvgIpc) is 2.95. The van der Waals surface area contributed by atoms with Crippen LogP contribution in [0.15, 0.2) is 39.2 Å². The Hall–Kier alpha value is -2.38. The first-order valence-electron chi connectivity index (χ1n) is 7.26. The highest BCUT2D eigenvalue weighted by atomic mass is 35.5. The van der Waals surface area contributed by atoms with Gasteiger partial charge in [0.25, 0.3) is 5.56 Å². The number of thiophene rings is 1. The molecule has 2 aromatic heterocycles. The van der Waals surface area contributed by atoms with Crippen molar-refractivity contribution < 1.29 is 4.79 Å². The lowest BCUT2D eigenvalue weighted by molar-refractivity contribution is -0.118. The van der Waals surface area contributed by atoms with Crippen LogP contribution in [0.2, 0.25) is 5.02 Å². The molecule has 24 heavy (non-hydrogen) atoms. The van der Waals surface area contributed by atoms with E-state index in [4.69, 9.17) is 17.3 Å². The van der Waals surface area contributed by atoms with Gasteiger partial charge in [-0.15, -0.1) is 11.3 Å². The monoisotopic (exact) mass is 363 g/mol. The van der Waals surface area contributed by atoms with Crippen molar-refractivity contribution in [1.82, 2.24) is 9.55 Å². The number of carbonyl (C=O) groups is 1. The predicted molar refractivity (Wildman–Crippen MR) is 95.6 cm³/mol. The van der Waals surface area contributed by atoms with Crippen LogP contribution in [0.3, 0.4) is 0 Å². The summed E-state index contributed by atoms with van der Waals surface area (Å²) < 4.78 is 1.11. The smallest absolute Gasteiger partial charge is 0.329 e. The van der Waals surface area contributed by atoms with Crippen molar-refractivity contribution in [3.63, 3.8) is 0 Å². The molecule has 3 aromatic rings. The maximum absolute atomic E-state index is 12.8. The quantitative estimate of drug-likeness (QED) is 0.727. The van der Waals surface area contributed by atoms with Crippen molar-refractivity contribution in [1.29, 1.82) is 0 Å². The first kappa shape index (κ1) is 16.5. The number of hydrogen-bond donors (Lipinski definition) is 2. The number of rotatable bonds is 5. The molecular weight excluding hydrogens is 350 g/mol. The first-order valence-corrected chi connectivity index (χ1v) is 8.51. The summed E-state index contributed by atoms with van der Waals surface area (Å²) in [5.41, 5.74) is 5.83. The van der Waals surface area contributed by atoms with Crippen LogP contribution in [0.5, 0.6) is 0 Å². The molecule has 0 aliphatic carbocycles. The number of carbonyl (C=O) groups excluding carboxylic acids is 1. The van der Waals surface area contributed by atoms with Crippen molar-refractivity contribution in [2.45, 2.75) is 19.4 Å². The molecular formula is C16H14ClN3O3S. The Morgan fingerprint density at radius 3 is 2.62 bits per heavy atom. The van der Waals surface area contributed by atoms with Gasteiger partial charge in [0.1, 0.15) is 4.83 Å². The molecule has 1 aromatic carbocycles. The van der Waals surface area contributed by atoms with E-state index in [0.717, 1.165) is 15.7 Å². The maximum Gasteiger partial charge on any atom is 0.329 e. The molecule has 0 aliphatic heterocycles. The molecule has 6 nitrogen and oxygen atoms in total. The Bertz CT molecular complexity index is 1020. The van der Waals surface area contributed by atoms with E-state index in [-0.39, 0.29) is 18.5 Å². The number of H-pyrrole nitrogens is 1. The van der Waals surface area contributed by atoms with Crippen molar-refractivity contribution in [2.24, 2.45) is 5.73 Å². The highest BCUT2D eigenvalue weighted by Crippen LogP contribution is 2.30. The predicted octanol–water partition coefficient (Wildman–Crippen LogP) is 2.34. The molecule has 8 heteroatoms. The molecule has 3 N–H and O–H groups in total. The number of nitrogens with zero attached hydrogens (tertiary/aromatic N) is 1. The normalized spacial score (nSPS) is 11.0. The fraction of sp³-hybridized carbons (Fsp3) is 0.188. The molecule has 0 spiro atoms. The summed E-state index contributed by atoms with van der Waals surface area (Å²) in [6.07, 6.45) is 0.460. The molecule has 0 unspecified atom stereocenters. The van der Waals surface area contributed by atoms with Crippen LogP contribution in [-0.2, 0) is 11.3 Å². The van der Waals surface area contributed by atoms with Gasteiger partial charge in [0.2, 0.25) is 5.91 Å². The van der Waals surface area contributed by atoms with E-state index >= 15 is 0 Å². The zero-order valence-electron chi connectivity index (χ0n) is 12.5. The third-order valence-corrected chi connectivity index (χ3v) is 4.82. The molecule has 0 atom stereocenters. The fourth-order valence-corrected chi connectivity index (χ4v) is 3.59. The summed E-state index contributed by atoms with van der Waals surface area (Å²) in [4.78, 5) is 38.9. The Balaban J connectivity index is 2.10. The number of aromatic nitrogens is 2. The van der Waals surface area contributed by atoms with Crippen LogP contribution in [0.4, 0.5) is 0 Å². The number of nitrogens with two attached hydrogens (primary N) is 1. The zero-order chi connectivity index (χ0) is 17.3. The highest BCUT2D eigenvalue weighted by Gasteiger charge is 2.15. The number of hydrogen-bond acceptors (Lipinski definition) is 4. The number of aromatic amines is 1. The minimum atomic E-state index is -0.485. The van der Waals surface area contributed by atoms with E-state index < -0.39 is 11.6 Å². The van der Waals surface area contributed by atoms with Crippen LogP contribution in [0.1, 0.15) is 12.8 Å². The zero-order valence-corrected chi connectivity index (χ0v) is 14.1. The Kier molecular flexibility index (Phi) is 4.55. The second-order valence-electron chi connectivity index (χ2n) is 5.32. The summed E-state index contributed by atoms with van der Waals surface area (Å²) in [6, 6.07) is 7.15. The van der Waals surface area contributed by atoms with Crippen molar-refractivity contribution in [2.75, 3.05) is 0 Å². The molecule has 0 fully saturated rings. The molecule has 0 saturated heterocycles. The SMILES string of the molecule is NC(=O)CCCn1c(=O)[nH]c2scc(-c3ccc(Cl)cc3)c2c1=O. The summed E-state index contributed by atoms with van der Waals surface area (Å²) in [7, 11) is 0. The average molecular weight is 364 g/mol.